The summed E-state index contributed by atoms with van der Waals surface area (Å²) in [6.07, 6.45) is 1.22. The molecule has 168 valence electrons. The van der Waals surface area contributed by atoms with Gasteiger partial charge in [-0.3, -0.25) is 4.79 Å². The summed E-state index contributed by atoms with van der Waals surface area (Å²) in [6.45, 7) is 5.42. The molecule has 3 aromatic rings. The van der Waals surface area contributed by atoms with Crippen molar-refractivity contribution in [3.05, 3.63) is 66.0 Å². The van der Waals surface area contributed by atoms with Gasteiger partial charge in [-0.05, 0) is 65.2 Å². The van der Waals surface area contributed by atoms with Gasteiger partial charge in [-0.2, -0.15) is 9.78 Å². The van der Waals surface area contributed by atoms with Crippen LogP contribution in [0, 0.1) is 0 Å². The van der Waals surface area contributed by atoms with Crippen LogP contribution in [-0.2, 0) is 4.79 Å². The Morgan fingerprint density at radius 1 is 1.31 bits per heavy atom. The topological polar surface area (TPSA) is 93.8 Å². The molecule has 2 atom stereocenters. The summed E-state index contributed by atoms with van der Waals surface area (Å²) in [7, 11) is 0. The zero-order valence-corrected chi connectivity index (χ0v) is 21.4. The van der Waals surface area contributed by atoms with Crippen LogP contribution in [0.3, 0.4) is 0 Å². The van der Waals surface area contributed by atoms with E-state index in [-0.39, 0.29) is 22.2 Å². The second-order valence-electron chi connectivity index (χ2n) is 7.21. The van der Waals surface area contributed by atoms with Gasteiger partial charge >= 0.3 is 5.97 Å². The Labute approximate surface area is 206 Å². The van der Waals surface area contributed by atoms with E-state index in [1.165, 1.54) is 17.8 Å². The Kier molecular flexibility index (Phi) is 7.74. The second kappa shape index (κ2) is 10.1. The Morgan fingerprint density at radius 2 is 2.03 bits per heavy atom. The molecule has 0 amide bonds. The van der Waals surface area contributed by atoms with Crippen molar-refractivity contribution in [2.45, 2.75) is 39.2 Å². The number of nitrogens with zero attached hydrogens (tertiary/aromatic N) is 3. The molecule has 0 aliphatic carbocycles. The van der Waals surface area contributed by atoms with E-state index in [9.17, 15) is 9.59 Å². The van der Waals surface area contributed by atoms with Gasteiger partial charge in [-0.25, -0.2) is 9.78 Å². The summed E-state index contributed by atoms with van der Waals surface area (Å²) in [5.74, 6) is -0.320. The van der Waals surface area contributed by atoms with Gasteiger partial charge in [0.15, 0.2) is 11.9 Å². The maximum atomic E-state index is 13.2. The average Bonchev–Trinajstić information content (AvgIpc) is 2.75. The molecule has 2 aromatic carbocycles. The first-order chi connectivity index (χ1) is 15.1. The highest BCUT2D eigenvalue weighted by molar-refractivity contribution is 9.10. The van der Waals surface area contributed by atoms with E-state index in [1.807, 2.05) is 19.9 Å². The summed E-state index contributed by atoms with van der Waals surface area (Å²) in [5, 5.41) is 14.1. The van der Waals surface area contributed by atoms with Gasteiger partial charge in [0.25, 0.3) is 5.56 Å². The van der Waals surface area contributed by atoms with E-state index in [0.717, 1.165) is 10.9 Å². The van der Waals surface area contributed by atoms with Crippen molar-refractivity contribution in [3.63, 3.8) is 0 Å². The van der Waals surface area contributed by atoms with Crippen molar-refractivity contribution in [3.8, 4) is 5.75 Å². The molecule has 0 spiro atoms. The molecule has 0 aliphatic heterocycles. The first-order valence-electron chi connectivity index (χ1n) is 9.77. The average molecular weight is 586 g/mol. The van der Waals surface area contributed by atoms with Crippen LogP contribution in [-0.4, -0.2) is 33.1 Å². The predicted octanol–water partition coefficient (Wildman–Crippen LogP) is 5.82. The van der Waals surface area contributed by atoms with Gasteiger partial charge in [0.1, 0.15) is 5.82 Å². The first kappa shape index (κ1) is 24.4. The number of aliphatic carboxylic acids is 1. The number of fused-ring (bicyclic) bond motifs is 1. The molecule has 10 heteroatoms. The molecule has 3 rings (SSSR count). The van der Waals surface area contributed by atoms with Crippen LogP contribution >= 0.6 is 43.5 Å². The molecular formula is C22H20Br2ClN3O4. The summed E-state index contributed by atoms with van der Waals surface area (Å²) in [6, 6.07) is 8.63. The third-order valence-corrected chi connectivity index (χ3v) is 6.23. The Bertz CT molecular complexity index is 1250. The van der Waals surface area contributed by atoms with Crippen molar-refractivity contribution >= 4 is 66.5 Å². The first-order valence-corrected chi connectivity index (χ1v) is 11.7. The van der Waals surface area contributed by atoms with Crippen molar-refractivity contribution in [1.82, 2.24) is 9.66 Å². The van der Waals surface area contributed by atoms with Gasteiger partial charge < -0.3 is 9.84 Å². The summed E-state index contributed by atoms with van der Waals surface area (Å²) < 4.78 is 7.96. The van der Waals surface area contributed by atoms with Crippen molar-refractivity contribution in [1.29, 1.82) is 0 Å². The highest BCUT2D eigenvalue weighted by Gasteiger charge is 2.18. The second-order valence-corrected chi connectivity index (χ2v) is 9.39. The van der Waals surface area contributed by atoms with E-state index in [1.54, 1.807) is 24.3 Å². The highest BCUT2D eigenvalue weighted by Crippen LogP contribution is 2.35. The molecule has 1 heterocycles. The van der Waals surface area contributed by atoms with Crippen molar-refractivity contribution in [2.75, 3.05) is 0 Å². The molecule has 0 saturated heterocycles. The standard InChI is InChI=1S/C22H20Br2ClN3O4/c1-4-11(2)20-27-18-6-5-14(23)9-15(18)21(29)28(20)26-10-13-7-16(24)19(17(25)8-13)32-12(3)22(30)31/h5-12H,4H2,1-3H3,(H,30,31)/t11-,12+/m0/s1. The summed E-state index contributed by atoms with van der Waals surface area (Å²) in [5.41, 5.74) is 0.927. The number of carbonyl (C=O) groups is 1. The molecule has 0 fully saturated rings. The zero-order valence-electron chi connectivity index (χ0n) is 17.5. The number of hydrogen-bond acceptors (Lipinski definition) is 5. The number of aromatic nitrogens is 2. The number of hydrogen-bond donors (Lipinski definition) is 1. The third kappa shape index (κ3) is 5.22. The van der Waals surface area contributed by atoms with Crippen LogP contribution in [0.2, 0.25) is 5.02 Å². The maximum absolute atomic E-state index is 13.2. The van der Waals surface area contributed by atoms with E-state index in [2.05, 4.69) is 41.9 Å². The molecule has 0 saturated carbocycles. The lowest BCUT2D eigenvalue weighted by Gasteiger charge is -2.15. The van der Waals surface area contributed by atoms with Gasteiger partial charge in [-0.15, -0.1) is 0 Å². The van der Waals surface area contributed by atoms with Gasteiger partial charge in [0.05, 0.1) is 26.6 Å². The molecule has 0 radical (unpaired) electrons. The number of benzene rings is 2. The van der Waals surface area contributed by atoms with Crippen LogP contribution < -0.4 is 10.3 Å². The third-order valence-electron chi connectivity index (χ3n) is 4.87. The quantitative estimate of drug-likeness (QED) is 0.353. The molecule has 0 aliphatic rings. The number of halogens is 3. The number of carboxylic acids is 1. The van der Waals surface area contributed by atoms with E-state index in [0.29, 0.717) is 26.8 Å². The normalized spacial score (nSPS) is 13.4. The fraction of sp³-hybridized carbons (Fsp3) is 0.273. The number of carboxylic acid groups (broad SMARTS) is 1. The smallest absolute Gasteiger partial charge is 0.344 e. The Balaban J connectivity index is 2.07. The molecule has 1 aromatic heterocycles. The Morgan fingerprint density at radius 3 is 2.66 bits per heavy atom. The van der Waals surface area contributed by atoms with Crippen LogP contribution in [0.25, 0.3) is 10.9 Å². The molecule has 0 unspecified atom stereocenters. The molecular weight excluding hydrogens is 566 g/mol. The van der Waals surface area contributed by atoms with Crippen LogP contribution in [0.5, 0.6) is 5.75 Å². The minimum absolute atomic E-state index is 0.0107. The largest absolute Gasteiger partial charge is 0.479 e. The van der Waals surface area contributed by atoms with E-state index < -0.39 is 12.1 Å². The van der Waals surface area contributed by atoms with Crippen molar-refractivity contribution in [2.24, 2.45) is 5.10 Å². The van der Waals surface area contributed by atoms with Crippen LogP contribution in [0.15, 0.2) is 49.2 Å². The lowest BCUT2D eigenvalue weighted by molar-refractivity contribution is -0.144. The van der Waals surface area contributed by atoms with E-state index in [4.69, 9.17) is 21.4 Å². The van der Waals surface area contributed by atoms with Gasteiger partial charge in [0.2, 0.25) is 0 Å². The van der Waals surface area contributed by atoms with Gasteiger partial charge in [0, 0.05) is 10.4 Å². The lowest BCUT2D eigenvalue weighted by atomic mass is 10.1. The lowest BCUT2D eigenvalue weighted by Crippen LogP contribution is -2.24. The molecule has 32 heavy (non-hydrogen) atoms. The molecule has 7 nitrogen and oxygen atoms in total. The fourth-order valence-corrected chi connectivity index (χ4v) is 4.22. The zero-order chi connectivity index (χ0) is 23.6. The van der Waals surface area contributed by atoms with Crippen LogP contribution in [0.1, 0.15) is 44.5 Å². The van der Waals surface area contributed by atoms with E-state index >= 15 is 0 Å². The predicted molar refractivity (Wildman–Crippen MR) is 132 cm³/mol. The highest BCUT2D eigenvalue weighted by atomic mass is 79.9. The number of ether oxygens (including phenoxy) is 1. The minimum Gasteiger partial charge on any atom is -0.479 e. The summed E-state index contributed by atoms with van der Waals surface area (Å²) >= 11 is 13.0. The molecule has 1 N–H and O–H groups in total. The monoisotopic (exact) mass is 583 g/mol. The van der Waals surface area contributed by atoms with Crippen molar-refractivity contribution < 1.29 is 14.6 Å². The minimum atomic E-state index is -1.11. The maximum Gasteiger partial charge on any atom is 0.344 e. The summed E-state index contributed by atoms with van der Waals surface area (Å²) in [4.78, 5) is 28.9. The van der Waals surface area contributed by atoms with Gasteiger partial charge in [-0.1, -0.05) is 41.4 Å². The Hall–Kier alpha value is -2.23. The fourth-order valence-electron chi connectivity index (χ4n) is 2.90. The number of rotatable bonds is 7. The molecule has 0 bridgehead atoms. The SMILES string of the molecule is CC[C@H](C)c1nc2ccc(Br)cc2c(=O)n1N=Cc1cc(Cl)c(O[C@H](C)C(=O)O)c(Br)c1. The van der Waals surface area contributed by atoms with Crippen LogP contribution in [0.4, 0.5) is 0 Å².